The number of alkyl halides is 3. The van der Waals surface area contributed by atoms with Gasteiger partial charge in [-0.3, -0.25) is 4.57 Å². The van der Waals surface area contributed by atoms with E-state index in [4.69, 9.17) is 0 Å². The van der Waals surface area contributed by atoms with Crippen LogP contribution in [-0.2, 0) is 13.6 Å². The second kappa shape index (κ2) is 8.00. The van der Waals surface area contributed by atoms with Gasteiger partial charge in [-0.25, -0.2) is 0 Å². The molecule has 0 unspecified atom stereocenters. The topological polar surface area (TPSA) is 38.8 Å². The van der Waals surface area contributed by atoms with Crippen LogP contribution in [0, 0.1) is 0 Å². The second-order valence-electron chi connectivity index (χ2n) is 3.64. The minimum atomic E-state index is -4.99. The standard InChI is InChI=1S/C11H20F4NO3P/c1-5-16(6-2)9(11(13,14)15)10(12)20(17,18-7-3)19-8-4/h5-8H2,1-4H3. The van der Waals surface area contributed by atoms with Gasteiger partial charge in [0, 0.05) is 13.1 Å². The zero-order valence-electron chi connectivity index (χ0n) is 12.0. The van der Waals surface area contributed by atoms with Crippen molar-refractivity contribution < 1.29 is 31.2 Å². The molecule has 9 heteroatoms. The number of rotatable bonds is 8. The van der Waals surface area contributed by atoms with Gasteiger partial charge >= 0.3 is 13.8 Å². The molecule has 0 fully saturated rings. The van der Waals surface area contributed by atoms with Crippen molar-refractivity contribution in [2.45, 2.75) is 33.9 Å². The Morgan fingerprint density at radius 2 is 1.45 bits per heavy atom. The molecule has 0 N–H and O–H groups in total. The Labute approximate surface area is 116 Å². The largest absolute Gasteiger partial charge is 0.434 e. The van der Waals surface area contributed by atoms with Gasteiger partial charge < -0.3 is 13.9 Å². The molecule has 4 nitrogen and oxygen atoms in total. The highest BCUT2D eigenvalue weighted by Crippen LogP contribution is 2.59. The van der Waals surface area contributed by atoms with Crippen LogP contribution in [0.15, 0.2) is 11.3 Å². The van der Waals surface area contributed by atoms with Gasteiger partial charge in [0.2, 0.25) is 5.57 Å². The molecule has 0 radical (unpaired) electrons. The van der Waals surface area contributed by atoms with E-state index in [2.05, 4.69) is 9.05 Å². The van der Waals surface area contributed by atoms with E-state index in [1.165, 1.54) is 27.7 Å². The zero-order valence-corrected chi connectivity index (χ0v) is 12.9. The van der Waals surface area contributed by atoms with Crippen molar-refractivity contribution in [3.8, 4) is 0 Å². The normalized spacial score (nSPS) is 14.2. The summed E-state index contributed by atoms with van der Waals surface area (Å²) in [6.45, 7) is 5.03. The van der Waals surface area contributed by atoms with E-state index in [1.54, 1.807) is 0 Å². The molecule has 0 aliphatic heterocycles. The molecular formula is C11H20F4NO3P. The molecule has 120 valence electrons. The van der Waals surface area contributed by atoms with Crippen LogP contribution in [0.3, 0.4) is 0 Å². The van der Waals surface area contributed by atoms with Gasteiger partial charge in [-0.2, -0.15) is 17.6 Å². The molecule has 0 aromatic heterocycles. The molecule has 0 bridgehead atoms. The molecule has 0 rings (SSSR count). The van der Waals surface area contributed by atoms with Crippen LogP contribution in [0.1, 0.15) is 27.7 Å². The van der Waals surface area contributed by atoms with Crippen molar-refractivity contribution >= 4 is 7.60 Å². The Morgan fingerprint density at radius 1 is 1.05 bits per heavy atom. The molecule has 0 amide bonds. The van der Waals surface area contributed by atoms with E-state index in [0.29, 0.717) is 0 Å². The zero-order chi connectivity index (χ0) is 16.0. The molecule has 0 aliphatic rings. The number of allylic oxidation sites excluding steroid dienone is 1. The third-order valence-corrected chi connectivity index (χ3v) is 4.27. The van der Waals surface area contributed by atoms with Crippen molar-refractivity contribution in [1.29, 1.82) is 0 Å². The maximum atomic E-state index is 14.2. The molecule has 0 saturated carbocycles. The number of hydrogen-bond acceptors (Lipinski definition) is 4. The van der Waals surface area contributed by atoms with E-state index in [9.17, 15) is 22.1 Å². The van der Waals surface area contributed by atoms with Gasteiger partial charge in [-0.15, -0.1) is 0 Å². The summed E-state index contributed by atoms with van der Waals surface area (Å²) < 4.78 is 74.7. The van der Waals surface area contributed by atoms with Crippen LogP contribution < -0.4 is 0 Å². The third-order valence-electron chi connectivity index (χ3n) is 2.38. The lowest BCUT2D eigenvalue weighted by Gasteiger charge is -2.28. The van der Waals surface area contributed by atoms with Gasteiger partial charge in [-0.05, 0) is 27.7 Å². The van der Waals surface area contributed by atoms with E-state index >= 15 is 0 Å². The van der Waals surface area contributed by atoms with Crippen molar-refractivity contribution in [2.24, 2.45) is 0 Å². The van der Waals surface area contributed by atoms with Crippen LogP contribution in [0.4, 0.5) is 17.6 Å². The summed E-state index contributed by atoms with van der Waals surface area (Å²) in [5, 5.41) is 0. The summed E-state index contributed by atoms with van der Waals surface area (Å²) >= 11 is 0. The summed E-state index contributed by atoms with van der Waals surface area (Å²) in [5.41, 5.74) is -3.50. The molecule has 0 heterocycles. The molecule has 20 heavy (non-hydrogen) atoms. The van der Waals surface area contributed by atoms with Crippen LogP contribution in [0.5, 0.6) is 0 Å². The van der Waals surface area contributed by atoms with Gasteiger partial charge in [0.15, 0.2) is 5.70 Å². The van der Waals surface area contributed by atoms with Crippen LogP contribution in [-0.4, -0.2) is 37.4 Å². The van der Waals surface area contributed by atoms with Crippen molar-refractivity contribution in [1.82, 2.24) is 4.90 Å². The lowest BCUT2D eigenvalue weighted by atomic mass is 10.4. The summed E-state index contributed by atoms with van der Waals surface area (Å²) in [4.78, 5) is 0.736. The highest BCUT2D eigenvalue weighted by atomic mass is 31.2. The first-order valence-corrected chi connectivity index (χ1v) is 7.83. The second-order valence-corrected chi connectivity index (χ2v) is 5.55. The predicted molar refractivity (Wildman–Crippen MR) is 68.0 cm³/mol. The SMILES string of the molecule is CCOP(=O)(OCC)C(F)=C(N(CC)CC)C(F)(F)F. The smallest absolute Gasteiger partial charge is 0.365 e. The van der Waals surface area contributed by atoms with E-state index < -0.39 is 25.0 Å². The number of halogens is 4. The first kappa shape index (κ1) is 19.4. The molecule has 0 aromatic carbocycles. The molecule has 0 aliphatic carbocycles. The Hall–Kier alpha value is -0.590. The molecule has 0 aromatic rings. The first-order valence-electron chi connectivity index (χ1n) is 6.29. The lowest BCUT2D eigenvalue weighted by molar-refractivity contribution is -0.113. The van der Waals surface area contributed by atoms with E-state index in [0.717, 1.165) is 4.90 Å². The molecule has 0 saturated heterocycles. The maximum Gasteiger partial charge on any atom is 0.434 e. The van der Waals surface area contributed by atoms with E-state index in [1.807, 2.05) is 0 Å². The van der Waals surface area contributed by atoms with Crippen LogP contribution in [0.25, 0.3) is 0 Å². The average molecular weight is 321 g/mol. The van der Waals surface area contributed by atoms with Crippen LogP contribution >= 0.6 is 7.60 Å². The van der Waals surface area contributed by atoms with E-state index in [-0.39, 0.29) is 26.3 Å². The fourth-order valence-electron chi connectivity index (χ4n) is 1.59. The fourth-order valence-corrected chi connectivity index (χ4v) is 3.10. The Balaban J connectivity index is 5.96. The van der Waals surface area contributed by atoms with Gasteiger partial charge in [0.05, 0.1) is 13.2 Å². The van der Waals surface area contributed by atoms with Crippen molar-refractivity contribution in [3.05, 3.63) is 11.3 Å². The summed E-state index contributed by atoms with van der Waals surface area (Å²) in [6.07, 6.45) is -4.99. The molecule has 0 atom stereocenters. The quantitative estimate of drug-likeness (QED) is 0.494. The monoisotopic (exact) mass is 321 g/mol. The number of nitrogens with zero attached hydrogens (tertiary/aromatic N) is 1. The first-order chi connectivity index (χ1) is 9.17. The van der Waals surface area contributed by atoms with Crippen molar-refractivity contribution in [2.75, 3.05) is 26.3 Å². The lowest BCUT2D eigenvalue weighted by Crippen LogP contribution is -2.32. The van der Waals surface area contributed by atoms with Crippen molar-refractivity contribution in [3.63, 3.8) is 0 Å². The minimum absolute atomic E-state index is 0.0863. The fraction of sp³-hybridized carbons (Fsp3) is 0.818. The Kier molecular flexibility index (Phi) is 7.76. The average Bonchev–Trinajstić information content (AvgIpc) is 2.34. The minimum Gasteiger partial charge on any atom is -0.365 e. The summed E-state index contributed by atoms with van der Waals surface area (Å²) in [6, 6.07) is 0. The van der Waals surface area contributed by atoms with Gasteiger partial charge in [0.1, 0.15) is 0 Å². The summed E-state index contributed by atoms with van der Waals surface area (Å²) in [5.74, 6) is 0. The number of hydrogen-bond donors (Lipinski definition) is 0. The van der Waals surface area contributed by atoms with Gasteiger partial charge in [-0.1, -0.05) is 0 Å². The highest BCUT2D eigenvalue weighted by Gasteiger charge is 2.46. The molecular weight excluding hydrogens is 301 g/mol. The Bertz CT molecular complexity index is 370. The van der Waals surface area contributed by atoms with Crippen LogP contribution in [0.2, 0.25) is 0 Å². The van der Waals surface area contributed by atoms with Gasteiger partial charge in [0.25, 0.3) is 0 Å². The predicted octanol–water partition coefficient (Wildman–Crippen LogP) is 4.30. The maximum absolute atomic E-state index is 14.2. The third kappa shape index (κ3) is 4.75. The Morgan fingerprint density at radius 3 is 1.70 bits per heavy atom. The molecule has 0 spiro atoms. The highest BCUT2D eigenvalue weighted by molar-refractivity contribution is 7.58. The summed E-state index contributed by atoms with van der Waals surface area (Å²) in [7, 11) is -4.59.